The fourth-order valence-electron chi connectivity index (χ4n) is 3.28. The standard InChI is InChI=1S/C14H26N4O2/c1-14(2,3)17-13(20)16-12(19)8-18-10-4-5-11(18)7-9(15)6-10/h9-11H,4-8,15H2,1-3H3,(H2,16,17,19,20). The molecule has 2 fully saturated rings. The summed E-state index contributed by atoms with van der Waals surface area (Å²) >= 11 is 0. The van der Waals surface area contributed by atoms with Gasteiger partial charge < -0.3 is 11.1 Å². The number of nitrogens with one attached hydrogen (secondary N) is 2. The Labute approximate surface area is 120 Å². The lowest BCUT2D eigenvalue weighted by atomic mass is 9.98. The zero-order valence-corrected chi connectivity index (χ0v) is 12.6. The van der Waals surface area contributed by atoms with Gasteiger partial charge in [-0.25, -0.2) is 4.79 Å². The van der Waals surface area contributed by atoms with Crippen LogP contribution in [-0.2, 0) is 4.79 Å². The van der Waals surface area contributed by atoms with Crippen molar-refractivity contribution in [2.24, 2.45) is 5.73 Å². The first-order valence-electron chi connectivity index (χ1n) is 7.38. The zero-order valence-electron chi connectivity index (χ0n) is 12.6. The van der Waals surface area contributed by atoms with E-state index in [0.29, 0.717) is 18.6 Å². The summed E-state index contributed by atoms with van der Waals surface area (Å²) in [5, 5.41) is 5.12. The van der Waals surface area contributed by atoms with Crippen LogP contribution >= 0.6 is 0 Å². The lowest BCUT2D eigenvalue weighted by molar-refractivity contribution is -0.122. The van der Waals surface area contributed by atoms with Crippen LogP contribution < -0.4 is 16.4 Å². The van der Waals surface area contributed by atoms with Crippen molar-refractivity contribution in [1.82, 2.24) is 15.5 Å². The lowest BCUT2D eigenvalue weighted by Crippen LogP contribution is -2.54. The SMILES string of the molecule is CC(C)(C)NC(=O)NC(=O)CN1C2CCC1CC(N)C2. The topological polar surface area (TPSA) is 87.5 Å². The van der Waals surface area contributed by atoms with E-state index in [-0.39, 0.29) is 17.5 Å². The molecule has 2 heterocycles. The number of rotatable bonds is 2. The van der Waals surface area contributed by atoms with E-state index in [4.69, 9.17) is 5.73 Å². The van der Waals surface area contributed by atoms with Gasteiger partial charge in [-0.1, -0.05) is 0 Å². The Morgan fingerprint density at radius 1 is 1.20 bits per heavy atom. The van der Waals surface area contributed by atoms with Crippen LogP contribution in [0.5, 0.6) is 0 Å². The molecule has 0 aromatic carbocycles. The first kappa shape index (κ1) is 15.3. The summed E-state index contributed by atoms with van der Waals surface area (Å²) in [5.41, 5.74) is 5.66. The number of imide groups is 1. The number of carbonyl (C=O) groups is 2. The second-order valence-corrected chi connectivity index (χ2v) is 7.04. The van der Waals surface area contributed by atoms with E-state index in [1.54, 1.807) is 0 Å². The van der Waals surface area contributed by atoms with E-state index in [9.17, 15) is 9.59 Å². The second kappa shape index (κ2) is 5.69. The van der Waals surface area contributed by atoms with Crippen LogP contribution in [0.3, 0.4) is 0 Å². The summed E-state index contributed by atoms with van der Waals surface area (Å²) < 4.78 is 0. The number of nitrogens with zero attached hydrogens (tertiary/aromatic N) is 1. The van der Waals surface area contributed by atoms with Crippen LogP contribution in [0.4, 0.5) is 4.79 Å². The number of piperidine rings is 1. The van der Waals surface area contributed by atoms with Gasteiger partial charge in [-0.05, 0) is 46.5 Å². The normalized spacial score (nSPS) is 30.1. The average molecular weight is 282 g/mol. The molecular weight excluding hydrogens is 256 g/mol. The Balaban J connectivity index is 1.82. The van der Waals surface area contributed by atoms with Crippen molar-refractivity contribution in [3.8, 4) is 0 Å². The number of nitrogens with two attached hydrogens (primary N) is 1. The molecule has 2 aliphatic heterocycles. The highest BCUT2D eigenvalue weighted by molar-refractivity contribution is 5.95. The summed E-state index contributed by atoms with van der Waals surface area (Å²) in [6.07, 6.45) is 4.13. The van der Waals surface area contributed by atoms with Crippen molar-refractivity contribution in [2.75, 3.05) is 6.54 Å². The summed E-state index contributed by atoms with van der Waals surface area (Å²) in [7, 11) is 0. The third-order valence-corrected chi connectivity index (χ3v) is 3.99. The van der Waals surface area contributed by atoms with Crippen molar-refractivity contribution < 1.29 is 9.59 Å². The van der Waals surface area contributed by atoms with Crippen LogP contribution in [0.15, 0.2) is 0 Å². The maximum absolute atomic E-state index is 12.0. The molecular formula is C14H26N4O2. The maximum atomic E-state index is 12.0. The number of hydrogen-bond acceptors (Lipinski definition) is 4. The van der Waals surface area contributed by atoms with Crippen LogP contribution in [0.2, 0.25) is 0 Å². The molecule has 3 amide bonds. The first-order chi connectivity index (χ1) is 9.24. The highest BCUT2D eigenvalue weighted by Crippen LogP contribution is 2.34. The fraction of sp³-hybridized carbons (Fsp3) is 0.857. The van der Waals surface area contributed by atoms with Crippen molar-refractivity contribution >= 4 is 11.9 Å². The summed E-state index contributed by atoms with van der Waals surface area (Å²) in [6.45, 7) is 5.93. The Morgan fingerprint density at radius 3 is 2.25 bits per heavy atom. The Hall–Kier alpha value is -1.14. The molecule has 114 valence electrons. The molecule has 6 nitrogen and oxygen atoms in total. The molecule has 0 spiro atoms. The molecule has 4 N–H and O–H groups in total. The Bertz CT molecular complexity index is 377. The van der Waals surface area contributed by atoms with Crippen LogP contribution in [0, 0.1) is 0 Å². The van der Waals surface area contributed by atoms with Crippen LogP contribution in [0.1, 0.15) is 46.5 Å². The van der Waals surface area contributed by atoms with Gasteiger partial charge in [0.25, 0.3) is 0 Å². The number of hydrogen-bond donors (Lipinski definition) is 3. The second-order valence-electron chi connectivity index (χ2n) is 7.04. The molecule has 2 aliphatic rings. The van der Waals surface area contributed by atoms with Crippen molar-refractivity contribution in [2.45, 2.75) is 70.1 Å². The first-order valence-corrected chi connectivity index (χ1v) is 7.38. The largest absolute Gasteiger partial charge is 0.333 e. The van der Waals surface area contributed by atoms with E-state index in [1.165, 1.54) is 0 Å². The van der Waals surface area contributed by atoms with Gasteiger partial charge >= 0.3 is 6.03 Å². The number of carbonyl (C=O) groups excluding carboxylic acids is 2. The van der Waals surface area contributed by atoms with Gasteiger partial charge in [0.05, 0.1) is 6.54 Å². The van der Waals surface area contributed by atoms with Crippen LogP contribution in [-0.4, -0.2) is 47.0 Å². The predicted octanol–water partition coefficient (Wildman–Crippen LogP) is 0.565. The Kier molecular flexibility index (Phi) is 4.34. The van der Waals surface area contributed by atoms with Crippen LogP contribution in [0.25, 0.3) is 0 Å². The molecule has 2 atom stereocenters. The predicted molar refractivity (Wildman–Crippen MR) is 77.2 cm³/mol. The van der Waals surface area contributed by atoms with Crippen molar-refractivity contribution in [1.29, 1.82) is 0 Å². The molecule has 20 heavy (non-hydrogen) atoms. The van der Waals surface area contributed by atoms with Gasteiger partial charge in [-0.3, -0.25) is 15.0 Å². The zero-order chi connectivity index (χ0) is 14.9. The van der Waals surface area contributed by atoms with Gasteiger partial charge in [0.2, 0.25) is 5.91 Å². The van der Waals surface area contributed by atoms with Gasteiger partial charge in [-0.2, -0.15) is 0 Å². The molecule has 0 aromatic heterocycles. The highest BCUT2D eigenvalue weighted by atomic mass is 16.2. The molecule has 2 rings (SSSR count). The van der Waals surface area contributed by atoms with Gasteiger partial charge in [0.1, 0.15) is 0 Å². The molecule has 0 saturated carbocycles. The summed E-state index contributed by atoms with van der Waals surface area (Å²) in [5.74, 6) is -0.237. The minimum atomic E-state index is -0.427. The van der Waals surface area contributed by atoms with Gasteiger partial charge in [0.15, 0.2) is 0 Å². The van der Waals surface area contributed by atoms with E-state index < -0.39 is 6.03 Å². The third kappa shape index (κ3) is 3.93. The van der Waals surface area contributed by atoms with E-state index >= 15 is 0 Å². The third-order valence-electron chi connectivity index (χ3n) is 3.99. The fourth-order valence-corrected chi connectivity index (χ4v) is 3.28. The number of amides is 3. The van der Waals surface area contributed by atoms with Gasteiger partial charge in [-0.15, -0.1) is 0 Å². The highest BCUT2D eigenvalue weighted by Gasteiger charge is 2.40. The maximum Gasteiger partial charge on any atom is 0.321 e. The summed E-state index contributed by atoms with van der Waals surface area (Å²) in [6, 6.07) is 0.639. The minimum absolute atomic E-state index is 0.237. The molecule has 2 unspecified atom stereocenters. The average Bonchev–Trinajstić information content (AvgIpc) is 2.51. The number of fused-ring (bicyclic) bond motifs is 2. The molecule has 0 aliphatic carbocycles. The molecule has 0 radical (unpaired) electrons. The Morgan fingerprint density at radius 2 is 1.75 bits per heavy atom. The van der Waals surface area contributed by atoms with Gasteiger partial charge in [0, 0.05) is 23.7 Å². The molecule has 2 bridgehead atoms. The molecule has 6 heteroatoms. The van der Waals surface area contributed by atoms with Crippen molar-refractivity contribution in [3.05, 3.63) is 0 Å². The van der Waals surface area contributed by atoms with E-state index in [0.717, 1.165) is 25.7 Å². The molecule has 0 aromatic rings. The quantitative estimate of drug-likeness (QED) is 0.691. The van der Waals surface area contributed by atoms with E-state index in [2.05, 4.69) is 15.5 Å². The monoisotopic (exact) mass is 282 g/mol. The number of urea groups is 1. The smallest absolute Gasteiger partial charge is 0.321 e. The lowest BCUT2D eigenvalue weighted by Gasteiger charge is -2.37. The van der Waals surface area contributed by atoms with E-state index in [1.807, 2.05) is 20.8 Å². The summed E-state index contributed by atoms with van der Waals surface area (Å²) in [4.78, 5) is 25.8. The minimum Gasteiger partial charge on any atom is -0.333 e. The van der Waals surface area contributed by atoms with Crippen molar-refractivity contribution in [3.63, 3.8) is 0 Å². The molecule has 2 saturated heterocycles.